The van der Waals surface area contributed by atoms with E-state index in [4.69, 9.17) is 21.1 Å². The van der Waals surface area contributed by atoms with Crippen LogP contribution in [0.1, 0.15) is 205 Å². The van der Waals surface area contributed by atoms with Crippen LogP contribution in [0.15, 0.2) is 121 Å². The van der Waals surface area contributed by atoms with Gasteiger partial charge >= 0.3 is 0 Å². The van der Waals surface area contributed by atoms with Gasteiger partial charge in [0.25, 0.3) is 0 Å². The Balaban J connectivity index is 1.08. The van der Waals surface area contributed by atoms with Crippen LogP contribution in [-0.4, -0.2) is 32.6 Å². The lowest BCUT2D eigenvalue weighted by atomic mass is 9.71. The van der Waals surface area contributed by atoms with Crippen molar-refractivity contribution in [2.45, 2.75) is 204 Å². The van der Waals surface area contributed by atoms with E-state index in [0.29, 0.717) is 16.9 Å². The van der Waals surface area contributed by atoms with E-state index < -0.39 is 28.3 Å². The predicted molar refractivity (Wildman–Crippen MR) is 385 cm³/mol. The summed E-state index contributed by atoms with van der Waals surface area (Å²) < 4.78 is 66.4. The topological polar surface area (TPSA) is 68.8 Å². The van der Waals surface area contributed by atoms with Gasteiger partial charge in [-0.3, -0.25) is 0 Å². The first-order valence-electron chi connectivity index (χ1n) is 33.0. The van der Waals surface area contributed by atoms with Crippen molar-refractivity contribution in [2.75, 3.05) is 13.2 Å². The predicted octanol–water partition coefficient (Wildman–Crippen LogP) is 24.2. The quantitative estimate of drug-likeness (QED) is 0.106. The van der Waals surface area contributed by atoms with Crippen molar-refractivity contribution in [3.05, 3.63) is 177 Å². The van der Waals surface area contributed by atoms with Crippen molar-refractivity contribution in [3.63, 3.8) is 0 Å². The van der Waals surface area contributed by atoms with Gasteiger partial charge in [0.1, 0.15) is 28.9 Å². The number of hydrogen-bond acceptors (Lipinski definition) is 4. The number of hydrogen-bond donors (Lipinski definition) is 2. The number of halogens is 4. The van der Waals surface area contributed by atoms with Gasteiger partial charge in [0, 0.05) is 56.3 Å². The third-order valence-corrected chi connectivity index (χ3v) is 18.8. The summed E-state index contributed by atoms with van der Waals surface area (Å²) in [5, 5.41) is 30.3. The number of phenols is 2. The Morgan fingerprint density at radius 2 is 0.677 bits per heavy atom. The zero-order valence-corrected chi connectivity index (χ0v) is 60.0. The zero-order valence-electron chi connectivity index (χ0n) is 59.2. The fraction of sp³-hybridized carbons (Fsp3) is 0.422. The van der Waals surface area contributed by atoms with Crippen molar-refractivity contribution < 1.29 is 32.9 Å². The number of ether oxygens (including phenoxy) is 2. The summed E-state index contributed by atoms with van der Waals surface area (Å²) in [6, 6.07) is 38.7. The number of benzene rings is 8. The molecule has 10 rings (SSSR count). The second-order valence-electron chi connectivity index (χ2n) is 34.2. The number of phenolic OH excluding ortho intramolecular Hbond substituents is 2. The Morgan fingerprint density at radius 3 is 1.00 bits per heavy atom. The molecule has 0 aliphatic carbocycles. The summed E-state index contributed by atoms with van der Waals surface area (Å²) in [7, 11) is 0. The molecule has 0 saturated heterocycles. The van der Waals surface area contributed by atoms with Gasteiger partial charge in [-0.15, -0.1) is 0 Å². The van der Waals surface area contributed by atoms with Crippen LogP contribution in [0.3, 0.4) is 0 Å². The zero-order chi connectivity index (χ0) is 68.4. The number of nitrogens with zero attached hydrogens (tertiary/aromatic N) is 2. The first-order chi connectivity index (χ1) is 42.8. The highest BCUT2D eigenvalue weighted by atomic mass is 35.5. The minimum absolute atomic E-state index is 0.00681. The van der Waals surface area contributed by atoms with Crippen molar-refractivity contribution in [2.24, 2.45) is 10.8 Å². The molecule has 10 heteroatoms. The lowest BCUT2D eigenvalue weighted by Crippen LogP contribution is -2.25. The molecule has 2 heterocycles. The largest absolute Gasteiger partial charge is 0.505 e. The summed E-state index contributed by atoms with van der Waals surface area (Å²) in [6.07, 6.45) is 1.69. The van der Waals surface area contributed by atoms with Gasteiger partial charge in [-0.25, -0.2) is 13.2 Å². The molecule has 93 heavy (non-hydrogen) atoms. The van der Waals surface area contributed by atoms with E-state index in [9.17, 15) is 10.2 Å². The lowest BCUT2D eigenvalue weighted by Gasteiger charge is -2.34. The molecule has 2 aromatic heterocycles. The fourth-order valence-corrected chi connectivity index (χ4v) is 14.5. The second kappa shape index (κ2) is 23.8. The van der Waals surface area contributed by atoms with Crippen LogP contribution in [0, 0.1) is 28.3 Å². The Hall–Kier alpha value is -7.36. The molecule has 492 valence electrons. The van der Waals surface area contributed by atoms with E-state index in [1.165, 1.54) is 18.2 Å². The molecule has 0 aliphatic rings. The smallest absolute Gasteiger partial charge is 0.168 e. The Labute approximate surface area is 556 Å². The molecule has 10 aromatic rings. The molecule has 0 radical (unpaired) electrons. The first-order valence-corrected chi connectivity index (χ1v) is 33.4. The first kappa shape index (κ1) is 68.5. The van der Waals surface area contributed by atoms with Crippen molar-refractivity contribution in [1.29, 1.82) is 0 Å². The van der Waals surface area contributed by atoms with Crippen LogP contribution < -0.4 is 9.47 Å². The molecule has 0 bridgehead atoms. The van der Waals surface area contributed by atoms with Gasteiger partial charge < -0.3 is 28.8 Å². The highest BCUT2D eigenvalue weighted by Gasteiger charge is 2.35. The molecule has 0 atom stereocenters. The number of rotatable bonds is 14. The molecule has 0 aliphatic heterocycles. The number of fused-ring (bicyclic) bond motifs is 6. The molecule has 0 saturated carbocycles. The van der Waals surface area contributed by atoms with E-state index in [1.807, 2.05) is 18.2 Å². The third kappa shape index (κ3) is 13.8. The fourth-order valence-electron chi connectivity index (χ4n) is 14.3. The summed E-state index contributed by atoms with van der Waals surface area (Å²) in [5.41, 5.74) is 9.80. The average Bonchev–Trinajstić information content (AvgIpc) is 1.62. The lowest BCUT2D eigenvalue weighted by molar-refractivity contribution is 0.242. The number of aromatic nitrogens is 2. The maximum atomic E-state index is 16.8. The SMILES string of the molecule is CC(C)(C)CC(C)(C)c1cc(-c2cc(F)cc(F)c2OCCCOc2c(Cl)cc(F)cc2-c2cc(C(C)(C)CC(C)(C)C)cc(-n3c4cc(C(C)(C)C)ccc4c4ccc(C(C)(C)C)cc43)c2O)c(O)c(-n2c3cc(C(C)(C)C)ccc3c3ccc(C(C)(C)C)cc32)c1. The van der Waals surface area contributed by atoms with Gasteiger partial charge in [-0.2, -0.15) is 0 Å². The normalized spacial score (nSPS) is 13.4. The minimum Gasteiger partial charge on any atom is -0.505 e. The van der Waals surface area contributed by atoms with Gasteiger partial charge in [-0.1, -0.05) is 212 Å². The molecule has 0 spiro atoms. The molecular weight excluding hydrogens is 1180 g/mol. The Bertz CT molecular complexity index is 4120. The van der Waals surface area contributed by atoms with E-state index in [1.54, 1.807) is 0 Å². The highest BCUT2D eigenvalue weighted by molar-refractivity contribution is 6.32. The van der Waals surface area contributed by atoms with Crippen molar-refractivity contribution in [3.8, 4) is 56.6 Å². The van der Waals surface area contributed by atoms with Crippen molar-refractivity contribution >= 4 is 55.2 Å². The average molecular weight is 1280 g/mol. The molecule has 0 amide bonds. The van der Waals surface area contributed by atoms with Crippen LogP contribution in [0.25, 0.3) is 77.2 Å². The maximum Gasteiger partial charge on any atom is 0.168 e. The molecule has 8 aromatic carbocycles. The monoisotopic (exact) mass is 1280 g/mol. The van der Waals surface area contributed by atoms with Crippen LogP contribution >= 0.6 is 11.6 Å². The van der Waals surface area contributed by atoms with E-state index in [2.05, 4.69) is 240 Å². The van der Waals surface area contributed by atoms with Gasteiger partial charge in [0.15, 0.2) is 11.6 Å². The standard InChI is InChI=1S/C83H98ClF3N2O4/c1-76(2,3)46-82(19,20)52-34-60(72(90)70(40-52)88-66-36-48(78(7,8)9)24-28-56(66)57-29-25-49(37-67(57)88)79(10,11)12)62-42-54(85)44-64(84)74(62)92-32-23-33-93-75-63(43-55(86)45-65(75)87)61-35-53(83(21,22)47-77(4,5)6)41-71(73(61)91)89-68-38-50(80(13,14)15)26-30-58(68)59-31-27-51(39-69(59)89)81(16,17)18/h24-31,34-45,90-91H,23,32-33,46-47H2,1-22H3. The Morgan fingerprint density at radius 1 is 0.366 bits per heavy atom. The van der Waals surface area contributed by atoms with Gasteiger partial charge in [0.05, 0.1) is 51.7 Å². The molecule has 0 unspecified atom stereocenters. The molecule has 6 nitrogen and oxygen atoms in total. The summed E-state index contributed by atoms with van der Waals surface area (Å²) >= 11 is 7.07. The second-order valence-corrected chi connectivity index (χ2v) is 34.6. The van der Waals surface area contributed by atoms with Crippen LogP contribution in [0.4, 0.5) is 13.2 Å². The third-order valence-electron chi connectivity index (χ3n) is 18.5. The minimum atomic E-state index is -0.940. The van der Waals surface area contributed by atoms with Crippen LogP contribution in [0.5, 0.6) is 23.0 Å². The Kier molecular flexibility index (Phi) is 17.5. The molecular formula is C83H98ClF3N2O4. The van der Waals surface area contributed by atoms with Crippen molar-refractivity contribution in [1.82, 2.24) is 9.13 Å². The summed E-state index contributed by atoms with van der Waals surface area (Å²) in [5.74, 6) is -2.73. The van der Waals surface area contributed by atoms with Gasteiger partial charge in [0.2, 0.25) is 0 Å². The number of aromatic hydroxyl groups is 2. The summed E-state index contributed by atoms with van der Waals surface area (Å²) in [6.45, 7) is 48.0. The van der Waals surface area contributed by atoms with E-state index in [-0.39, 0.29) is 96.8 Å². The van der Waals surface area contributed by atoms with Gasteiger partial charge in [-0.05, 0) is 156 Å². The molecule has 2 N–H and O–H groups in total. The van der Waals surface area contributed by atoms with Crippen LogP contribution in [0.2, 0.25) is 5.02 Å². The highest BCUT2D eigenvalue weighted by Crippen LogP contribution is 2.52. The maximum absolute atomic E-state index is 16.8. The van der Waals surface area contributed by atoms with E-state index in [0.717, 1.165) is 95.9 Å². The van der Waals surface area contributed by atoms with Crippen LogP contribution in [-0.2, 0) is 32.5 Å². The van der Waals surface area contributed by atoms with E-state index >= 15 is 13.2 Å². The molecule has 0 fully saturated rings. The summed E-state index contributed by atoms with van der Waals surface area (Å²) in [4.78, 5) is 0.